The van der Waals surface area contributed by atoms with Crippen LogP contribution in [0.4, 0.5) is 149 Å². The lowest BCUT2D eigenvalue weighted by Crippen LogP contribution is -2.74. The van der Waals surface area contributed by atoms with Crippen molar-refractivity contribution in [2.45, 2.75) is 154 Å². The van der Waals surface area contributed by atoms with Crippen LogP contribution < -0.4 is 0 Å². The minimum absolute atomic E-state index is 0.238. The third-order valence-corrected chi connectivity index (χ3v) is 8.77. The van der Waals surface area contributed by atoms with Gasteiger partial charge in [0.1, 0.15) is 0 Å². The highest BCUT2D eigenvalue weighted by Crippen LogP contribution is 2.66. The van der Waals surface area contributed by atoms with Crippen molar-refractivity contribution in [3.05, 3.63) is 23.8 Å². The van der Waals surface area contributed by atoms with Crippen molar-refractivity contribution in [1.82, 2.24) is 0 Å². The van der Waals surface area contributed by atoms with Crippen molar-refractivity contribution in [3.8, 4) is 0 Å². The standard InChI is InChI=1S/2C16H13F17O2/c1-7(2)8(34)35-6-4-3-5-9(17,18)10(19,20)11(21,22)12(23,24)13(25,26)14(27,28)15(29,30)16(31,32)33;1-7(8(34)35)5-3-2-4-6-9(17,18)10(19,20)11(21,22)12(23,24)13(25,26)14(27,28)15(29,30)16(31,32)33/h1,3-6H2,2H3;5H,2-4,6H2,1H3,(H,34,35). The number of esters is 1. The summed E-state index contributed by atoms with van der Waals surface area (Å²) in [6.07, 6.45) is -24.5. The fourth-order valence-corrected chi connectivity index (χ4v) is 4.34. The van der Waals surface area contributed by atoms with Crippen LogP contribution in [0, 0.1) is 0 Å². The Labute approximate surface area is 366 Å². The SMILES string of the molecule is C=C(C)C(=O)OCCCCC(F)(F)C(F)(F)C(F)(F)C(F)(F)C(F)(F)C(F)(F)C(F)(F)C(F)(F)F.CC(=CCCCCC(F)(F)C(F)(F)C(F)(F)C(F)(F)C(F)(F)C(F)(F)C(F)(F)C(F)(F)F)C(=O)O. The number of unbranched alkanes of at least 4 members (excludes halogenated alkanes) is 3. The van der Waals surface area contributed by atoms with Crippen LogP contribution in [0.5, 0.6) is 0 Å². The highest BCUT2D eigenvalue weighted by molar-refractivity contribution is 5.87. The Bertz CT molecular complexity index is 1840. The maximum Gasteiger partial charge on any atom is 0.460 e. The molecule has 0 saturated carbocycles. The summed E-state index contributed by atoms with van der Waals surface area (Å²) in [7, 11) is 0. The van der Waals surface area contributed by atoms with Crippen LogP contribution in [0.1, 0.15) is 58.8 Å². The zero-order valence-electron chi connectivity index (χ0n) is 33.5. The molecule has 0 saturated heterocycles. The van der Waals surface area contributed by atoms with Crippen molar-refractivity contribution in [2.24, 2.45) is 0 Å². The molecule has 38 heteroatoms. The molecule has 0 aliphatic heterocycles. The summed E-state index contributed by atoms with van der Waals surface area (Å²) in [6, 6.07) is 0. The van der Waals surface area contributed by atoms with Gasteiger partial charge in [0, 0.05) is 24.0 Å². The minimum atomic E-state index is -8.64. The lowest BCUT2D eigenvalue weighted by molar-refractivity contribution is -0.461. The fraction of sp³-hybridized carbons (Fsp3) is 0.812. The van der Waals surface area contributed by atoms with Crippen molar-refractivity contribution < 1.29 is 169 Å². The Morgan fingerprint density at radius 2 is 0.643 bits per heavy atom. The Hall–Kier alpha value is -3.96. The summed E-state index contributed by atoms with van der Waals surface area (Å²) in [5.41, 5.74) is -0.635. The Kier molecular flexibility index (Phi) is 20.0. The molecule has 0 aliphatic carbocycles. The predicted molar refractivity (Wildman–Crippen MR) is 161 cm³/mol. The number of carbonyl (C=O) groups is 2. The largest absolute Gasteiger partial charge is 0.478 e. The normalized spacial score (nSPS) is 15.6. The Morgan fingerprint density at radius 1 is 0.400 bits per heavy atom. The predicted octanol–water partition coefficient (Wildman–Crippen LogP) is 14.9. The number of carboxylic acid groups (broad SMARTS) is 1. The van der Waals surface area contributed by atoms with E-state index in [0.717, 1.165) is 19.9 Å². The van der Waals surface area contributed by atoms with Gasteiger partial charge in [-0.2, -0.15) is 149 Å². The maximum absolute atomic E-state index is 13.6. The van der Waals surface area contributed by atoms with E-state index in [1.807, 2.05) is 0 Å². The van der Waals surface area contributed by atoms with Gasteiger partial charge < -0.3 is 9.84 Å². The van der Waals surface area contributed by atoms with E-state index in [9.17, 15) is 159 Å². The number of hydrogen-bond acceptors (Lipinski definition) is 3. The first-order valence-corrected chi connectivity index (χ1v) is 17.3. The van der Waals surface area contributed by atoms with Crippen LogP contribution in [-0.2, 0) is 14.3 Å². The average molecular weight is 1120 g/mol. The molecule has 70 heavy (non-hydrogen) atoms. The molecule has 416 valence electrons. The minimum Gasteiger partial charge on any atom is -0.478 e. The van der Waals surface area contributed by atoms with E-state index in [1.165, 1.54) is 0 Å². The first kappa shape index (κ1) is 68.1. The molecule has 0 aliphatic rings. The number of rotatable bonds is 24. The van der Waals surface area contributed by atoms with E-state index in [2.05, 4.69) is 11.3 Å². The molecule has 0 amide bonds. The van der Waals surface area contributed by atoms with Gasteiger partial charge in [-0.1, -0.05) is 12.7 Å². The van der Waals surface area contributed by atoms with Crippen LogP contribution in [0.3, 0.4) is 0 Å². The molecule has 0 rings (SSSR count). The molecule has 0 aromatic rings. The van der Waals surface area contributed by atoms with Crippen molar-refractivity contribution in [3.63, 3.8) is 0 Å². The zero-order valence-corrected chi connectivity index (χ0v) is 33.5. The molecule has 1 N–H and O–H groups in total. The second-order valence-electron chi connectivity index (χ2n) is 14.1. The summed E-state index contributed by atoms with van der Waals surface area (Å²) in [4.78, 5) is 21.4. The second-order valence-corrected chi connectivity index (χ2v) is 14.1. The van der Waals surface area contributed by atoms with Crippen LogP contribution in [0.15, 0.2) is 23.8 Å². The van der Waals surface area contributed by atoms with Crippen LogP contribution >= 0.6 is 0 Å². The smallest absolute Gasteiger partial charge is 0.460 e. The van der Waals surface area contributed by atoms with Crippen LogP contribution in [-0.4, -0.2) is 119 Å². The summed E-state index contributed by atoms with van der Waals surface area (Å²) < 4.78 is 449. The highest BCUT2D eigenvalue weighted by Gasteiger charge is 2.96. The zero-order chi connectivity index (χ0) is 57.4. The summed E-state index contributed by atoms with van der Waals surface area (Å²) in [5, 5.41) is 8.49. The molecular weight excluding hydrogens is 1090 g/mol. The monoisotopic (exact) mass is 1120 g/mol. The average Bonchev–Trinajstić information content (AvgIpc) is 3.15. The van der Waals surface area contributed by atoms with Crippen LogP contribution in [0.2, 0.25) is 0 Å². The molecule has 0 unspecified atom stereocenters. The summed E-state index contributed by atoms with van der Waals surface area (Å²) in [6.45, 7) is 4.30. The third kappa shape index (κ3) is 11.6. The lowest BCUT2D eigenvalue weighted by Gasteiger charge is -2.42. The lowest BCUT2D eigenvalue weighted by atomic mass is 9.88. The van der Waals surface area contributed by atoms with Gasteiger partial charge in [0.05, 0.1) is 6.61 Å². The van der Waals surface area contributed by atoms with Gasteiger partial charge in [-0.25, -0.2) is 9.59 Å². The van der Waals surface area contributed by atoms with Gasteiger partial charge in [-0.3, -0.25) is 0 Å². The van der Waals surface area contributed by atoms with Crippen molar-refractivity contribution in [2.75, 3.05) is 6.61 Å². The molecule has 0 fully saturated rings. The van der Waals surface area contributed by atoms with E-state index in [0.29, 0.717) is 0 Å². The number of aliphatic carboxylic acids is 1. The molecule has 0 aromatic heterocycles. The van der Waals surface area contributed by atoms with Crippen molar-refractivity contribution >= 4 is 11.9 Å². The number of carbonyl (C=O) groups excluding carboxylic acids is 1. The molecular formula is C32H26F34O4. The highest BCUT2D eigenvalue weighted by atomic mass is 19.4. The van der Waals surface area contributed by atoms with Gasteiger partial charge in [-0.15, -0.1) is 0 Å². The Balaban J connectivity index is 0. The van der Waals surface area contributed by atoms with E-state index in [-0.39, 0.29) is 5.57 Å². The molecule has 0 heterocycles. The van der Waals surface area contributed by atoms with E-state index in [1.54, 1.807) is 0 Å². The third-order valence-electron chi connectivity index (χ3n) is 8.77. The quantitative estimate of drug-likeness (QED) is 0.0453. The van der Waals surface area contributed by atoms with Crippen LogP contribution in [0.25, 0.3) is 0 Å². The molecule has 0 bridgehead atoms. The van der Waals surface area contributed by atoms with Gasteiger partial charge in [0.25, 0.3) is 0 Å². The molecule has 0 spiro atoms. The van der Waals surface area contributed by atoms with E-state index >= 15 is 0 Å². The number of carboxylic acids is 1. The summed E-state index contributed by atoms with van der Waals surface area (Å²) >= 11 is 0. The first-order chi connectivity index (χ1) is 30.2. The second kappa shape index (κ2) is 20.5. The van der Waals surface area contributed by atoms with Gasteiger partial charge in [-0.05, 0) is 46.0 Å². The van der Waals surface area contributed by atoms with Crippen molar-refractivity contribution in [1.29, 1.82) is 0 Å². The molecule has 0 atom stereocenters. The topological polar surface area (TPSA) is 63.6 Å². The number of hydrogen-bond donors (Lipinski definition) is 1. The number of halogens is 34. The van der Waals surface area contributed by atoms with Gasteiger partial charge >= 0.3 is 107 Å². The van der Waals surface area contributed by atoms with E-state index < -0.39 is 164 Å². The number of alkyl halides is 34. The molecule has 0 radical (unpaired) electrons. The first-order valence-electron chi connectivity index (χ1n) is 17.3. The molecule has 4 nitrogen and oxygen atoms in total. The van der Waals surface area contributed by atoms with E-state index in [4.69, 9.17) is 5.11 Å². The number of allylic oxidation sites excluding steroid dienone is 1. The Morgan fingerprint density at radius 3 is 0.886 bits per heavy atom. The molecule has 0 aromatic carbocycles. The number of ether oxygens (including phenoxy) is 1. The summed E-state index contributed by atoms with van der Waals surface area (Å²) in [5.74, 6) is -115. The fourth-order valence-electron chi connectivity index (χ4n) is 4.34. The maximum atomic E-state index is 13.6. The van der Waals surface area contributed by atoms with Gasteiger partial charge in [0.15, 0.2) is 0 Å². The van der Waals surface area contributed by atoms with Gasteiger partial charge in [0.2, 0.25) is 0 Å².